The number of ether oxygens (including phenoxy) is 1. The fourth-order valence-corrected chi connectivity index (χ4v) is 6.59. The Morgan fingerprint density at radius 2 is 1.84 bits per heavy atom. The van der Waals surface area contributed by atoms with Gasteiger partial charge >= 0.3 is 0 Å². The number of aromatic nitrogens is 2. The molecule has 1 N–H and O–H groups in total. The van der Waals surface area contributed by atoms with Crippen LogP contribution in [0.25, 0.3) is 10.2 Å². The van der Waals surface area contributed by atoms with Crippen molar-refractivity contribution >= 4 is 54.7 Å². The number of halogens is 1. The van der Waals surface area contributed by atoms with Crippen LogP contribution >= 0.6 is 22.9 Å². The van der Waals surface area contributed by atoms with Gasteiger partial charge in [0, 0.05) is 28.7 Å². The second-order valence-corrected chi connectivity index (χ2v) is 10.8. The average molecular weight is 487 g/mol. The number of rotatable bonds is 5. The van der Waals surface area contributed by atoms with Gasteiger partial charge in [-0.1, -0.05) is 11.6 Å². The van der Waals surface area contributed by atoms with Crippen LogP contribution in [0.3, 0.4) is 0 Å². The minimum Gasteiger partial charge on any atom is -0.497 e. The van der Waals surface area contributed by atoms with Crippen LogP contribution < -0.4 is 10.1 Å². The Bertz CT molecular complexity index is 1390. The lowest BCUT2D eigenvalue weighted by molar-refractivity contribution is 0.396. The van der Waals surface area contributed by atoms with E-state index < -0.39 is 10.0 Å². The van der Waals surface area contributed by atoms with Gasteiger partial charge in [-0.15, -0.1) is 11.3 Å². The Kier molecular flexibility index (Phi) is 5.50. The molecule has 164 valence electrons. The monoisotopic (exact) mass is 486 g/mol. The summed E-state index contributed by atoms with van der Waals surface area (Å²) >= 11 is 7.49. The van der Waals surface area contributed by atoms with Crippen molar-refractivity contribution in [2.45, 2.75) is 17.9 Å². The van der Waals surface area contributed by atoms with Crippen LogP contribution in [0.1, 0.15) is 10.4 Å². The molecule has 0 radical (unpaired) electrons. The highest BCUT2D eigenvalue weighted by Gasteiger charge is 2.31. The van der Waals surface area contributed by atoms with Crippen molar-refractivity contribution in [2.24, 2.45) is 0 Å². The van der Waals surface area contributed by atoms with E-state index >= 15 is 0 Å². The number of thiophene rings is 1. The summed E-state index contributed by atoms with van der Waals surface area (Å²) in [6.07, 6.45) is 2.11. The topological polar surface area (TPSA) is 84.4 Å². The number of methoxy groups -OCH3 is 1. The fourth-order valence-electron chi connectivity index (χ4n) is 3.77. The molecule has 1 aliphatic rings. The number of nitrogens with one attached hydrogen (secondary N) is 1. The van der Waals surface area contributed by atoms with Crippen LogP contribution in [0.4, 0.5) is 11.5 Å². The lowest BCUT2D eigenvalue weighted by atomic mass is 10.1. The van der Waals surface area contributed by atoms with E-state index in [0.717, 1.165) is 26.3 Å². The van der Waals surface area contributed by atoms with Crippen molar-refractivity contribution in [2.75, 3.05) is 19.0 Å². The normalized spacial score (nSPS) is 14.3. The Hall–Kier alpha value is -2.72. The largest absolute Gasteiger partial charge is 0.497 e. The third-order valence-electron chi connectivity index (χ3n) is 5.41. The highest BCUT2D eigenvalue weighted by Crippen LogP contribution is 2.39. The van der Waals surface area contributed by atoms with Gasteiger partial charge in [-0.05, 0) is 60.5 Å². The fraction of sp³-hybridized carbons (Fsp3) is 0.182. The maximum absolute atomic E-state index is 13.2. The molecule has 32 heavy (non-hydrogen) atoms. The van der Waals surface area contributed by atoms with Gasteiger partial charge in [-0.25, -0.2) is 18.4 Å². The zero-order valence-electron chi connectivity index (χ0n) is 17.1. The van der Waals surface area contributed by atoms with Gasteiger partial charge in [-0.3, -0.25) is 0 Å². The van der Waals surface area contributed by atoms with Crippen molar-refractivity contribution in [1.82, 2.24) is 14.3 Å². The van der Waals surface area contributed by atoms with E-state index in [2.05, 4.69) is 15.3 Å². The van der Waals surface area contributed by atoms with Gasteiger partial charge in [0.2, 0.25) is 10.0 Å². The molecule has 4 aromatic rings. The molecule has 0 spiro atoms. The number of benzene rings is 2. The number of hydrogen-bond acceptors (Lipinski definition) is 7. The first-order chi connectivity index (χ1) is 15.5. The van der Waals surface area contributed by atoms with E-state index in [1.165, 1.54) is 22.0 Å². The summed E-state index contributed by atoms with van der Waals surface area (Å²) in [6.45, 7) is 0.702. The van der Waals surface area contributed by atoms with Gasteiger partial charge in [0.1, 0.15) is 22.7 Å². The van der Waals surface area contributed by atoms with Gasteiger partial charge < -0.3 is 10.1 Å². The Morgan fingerprint density at radius 1 is 1.09 bits per heavy atom. The van der Waals surface area contributed by atoms with Crippen molar-refractivity contribution in [1.29, 1.82) is 0 Å². The summed E-state index contributed by atoms with van der Waals surface area (Å²) in [4.78, 5) is 11.0. The molecule has 3 heterocycles. The molecule has 2 aromatic heterocycles. The van der Waals surface area contributed by atoms with Crippen LogP contribution in [0, 0.1) is 0 Å². The standard InChI is InChI=1S/C22H19ClN4O3S2/c1-30-16-6-8-17(9-7-16)32(28,29)27-11-10-18-19(12-27)31-22-20(18)21(24-13-25-22)26-15-4-2-14(23)3-5-15/h2-9,13H,10-12H2,1H3,(H,24,25,26). The number of hydrogen-bond donors (Lipinski definition) is 1. The van der Waals surface area contributed by atoms with E-state index in [9.17, 15) is 8.42 Å². The van der Waals surface area contributed by atoms with E-state index in [1.54, 1.807) is 31.4 Å². The molecule has 0 fully saturated rings. The van der Waals surface area contributed by atoms with Gasteiger partial charge in [0.15, 0.2) is 0 Å². The maximum atomic E-state index is 13.2. The van der Waals surface area contributed by atoms with E-state index in [0.29, 0.717) is 36.1 Å². The number of fused-ring (bicyclic) bond motifs is 3. The Labute approximate surface area is 194 Å². The summed E-state index contributed by atoms with van der Waals surface area (Å²) in [5, 5.41) is 4.95. The zero-order chi connectivity index (χ0) is 22.3. The smallest absolute Gasteiger partial charge is 0.243 e. The van der Waals surface area contributed by atoms with Gasteiger partial charge in [-0.2, -0.15) is 4.31 Å². The second-order valence-electron chi connectivity index (χ2n) is 7.30. The molecule has 5 rings (SSSR count). The highest BCUT2D eigenvalue weighted by atomic mass is 35.5. The van der Waals surface area contributed by atoms with Gasteiger partial charge in [0.05, 0.1) is 17.4 Å². The van der Waals surface area contributed by atoms with Crippen LogP contribution in [0.5, 0.6) is 5.75 Å². The summed E-state index contributed by atoms with van der Waals surface area (Å²) in [5.74, 6) is 1.33. The minimum absolute atomic E-state index is 0.257. The molecule has 0 saturated carbocycles. The predicted octanol–water partition coefficient (Wildman–Crippen LogP) is 4.84. The van der Waals surface area contributed by atoms with Crippen LogP contribution in [0.15, 0.2) is 59.8 Å². The third-order valence-corrected chi connectivity index (χ3v) is 8.64. The summed E-state index contributed by atoms with van der Waals surface area (Å²) < 4.78 is 33.0. The number of nitrogens with zero attached hydrogens (tertiary/aromatic N) is 3. The van der Waals surface area contributed by atoms with Crippen LogP contribution in [0.2, 0.25) is 5.02 Å². The van der Waals surface area contributed by atoms with Crippen molar-refractivity contribution in [3.63, 3.8) is 0 Å². The highest BCUT2D eigenvalue weighted by molar-refractivity contribution is 7.89. The van der Waals surface area contributed by atoms with Crippen molar-refractivity contribution in [3.8, 4) is 5.75 Å². The quantitative estimate of drug-likeness (QED) is 0.434. The molecular weight excluding hydrogens is 468 g/mol. The Morgan fingerprint density at radius 3 is 2.56 bits per heavy atom. The van der Waals surface area contributed by atoms with E-state index in [1.807, 2.05) is 24.3 Å². The SMILES string of the molecule is COc1ccc(S(=O)(=O)N2CCc3c(sc4ncnc(Nc5ccc(Cl)cc5)c34)C2)cc1. The lowest BCUT2D eigenvalue weighted by Gasteiger charge is -2.26. The minimum atomic E-state index is -3.61. The predicted molar refractivity (Wildman–Crippen MR) is 126 cm³/mol. The summed E-state index contributed by atoms with van der Waals surface area (Å²) in [5.41, 5.74) is 1.97. The molecule has 0 bridgehead atoms. The first-order valence-electron chi connectivity index (χ1n) is 9.88. The van der Waals surface area contributed by atoms with Gasteiger partial charge in [0.25, 0.3) is 0 Å². The molecular formula is C22H19ClN4O3S2. The number of anilines is 2. The van der Waals surface area contributed by atoms with E-state index in [-0.39, 0.29) is 4.90 Å². The summed E-state index contributed by atoms with van der Waals surface area (Å²) in [6, 6.07) is 13.9. The molecule has 7 nitrogen and oxygen atoms in total. The Balaban J connectivity index is 1.46. The zero-order valence-corrected chi connectivity index (χ0v) is 19.5. The molecule has 2 aromatic carbocycles. The molecule has 10 heteroatoms. The third kappa shape index (κ3) is 3.81. The average Bonchev–Trinajstić information content (AvgIpc) is 3.19. The first-order valence-corrected chi connectivity index (χ1v) is 12.5. The molecule has 1 aliphatic heterocycles. The summed E-state index contributed by atoms with van der Waals surface area (Å²) in [7, 11) is -2.06. The molecule has 0 atom stereocenters. The molecule has 0 amide bonds. The second kappa shape index (κ2) is 8.32. The number of sulfonamides is 1. The molecule has 0 unspecified atom stereocenters. The first kappa shape index (κ1) is 21.1. The van der Waals surface area contributed by atoms with E-state index in [4.69, 9.17) is 16.3 Å². The van der Waals surface area contributed by atoms with Crippen molar-refractivity contribution < 1.29 is 13.2 Å². The van der Waals surface area contributed by atoms with Crippen molar-refractivity contribution in [3.05, 3.63) is 70.3 Å². The lowest BCUT2D eigenvalue weighted by Crippen LogP contribution is -2.35. The maximum Gasteiger partial charge on any atom is 0.243 e. The van der Waals surface area contributed by atoms with Crippen LogP contribution in [-0.4, -0.2) is 36.3 Å². The molecule has 0 aliphatic carbocycles. The molecule has 0 saturated heterocycles. The van der Waals surface area contributed by atoms with Crippen LogP contribution in [-0.2, 0) is 23.0 Å².